The molecule has 50 valence electrons. The molecule has 0 aromatic carbocycles. The van der Waals surface area contributed by atoms with E-state index in [4.69, 9.17) is 5.53 Å². The molecule has 0 amide bonds. The maximum atomic E-state index is 7.91. The maximum Gasteiger partial charge on any atom is 0.0268 e. The van der Waals surface area contributed by atoms with Crippen molar-refractivity contribution in [2.45, 2.75) is 0 Å². The average Bonchev–Trinajstić information content (AvgIpc) is 2.41. The molecule has 0 fully saturated rings. The van der Waals surface area contributed by atoms with Crippen molar-refractivity contribution in [3.63, 3.8) is 0 Å². The van der Waals surface area contributed by atoms with Crippen LogP contribution in [0.15, 0.2) is 28.8 Å². The molecule has 0 spiro atoms. The van der Waals surface area contributed by atoms with E-state index in [1.54, 1.807) is 17.4 Å². The molecule has 0 aliphatic heterocycles. The quantitative estimate of drug-likeness (QED) is 0.354. The Hall–Kier alpha value is -1.25. The lowest BCUT2D eigenvalue weighted by Crippen LogP contribution is -1.51. The summed E-state index contributed by atoms with van der Waals surface area (Å²) in [5.74, 6) is 0. The molecule has 1 heterocycles. The van der Waals surface area contributed by atoms with E-state index >= 15 is 0 Å². The van der Waals surface area contributed by atoms with E-state index in [9.17, 15) is 0 Å². The van der Waals surface area contributed by atoms with Crippen molar-refractivity contribution >= 4 is 17.4 Å². The molecule has 1 aromatic rings. The summed E-state index contributed by atoms with van der Waals surface area (Å²) in [6, 6.07) is 3.90. The molecule has 0 saturated carbocycles. The summed E-state index contributed by atoms with van der Waals surface area (Å²) in [7, 11) is 0. The monoisotopic (exact) mass is 151 g/mol. The molecule has 0 aliphatic rings. The predicted octanol–water partition coefficient (Wildman–Crippen LogP) is 3.03. The highest BCUT2D eigenvalue weighted by Gasteiger charge is 1.81. The topological polar surface area (TPSA) is 48.8 Å². The van der Waals surface area contributed by atoms with Gasteiger partial charge in [-0.25, -0.2) is 0 Å². The SMILES string of the molecule is [N-]=[N+]=N/C=C/c1cccs1. The van der Waals surface area contributed by atoms with Gasteiger partial charge in [-0.2, -0.15) is 0 Å². The molecule has 4 heteroatoms. The van der Waals surface area contributed by atoms with Crippen molar-refractivity contribution in [3.8, 4) is 0 Å². The van der Waals surface area contributed by atoms with E-state index in [1.807, 2.05) is 17.5 Å². The zero-order chi connectivity index (χ0) is 7.23. The van der Waals surface area contributed by atoms with Gasteiger partial charge >= 0.3 is 0 Å². The van der Waals surface area contributed by atoms with Crippen LogP contribution in [-0.4, -0.2) is 0 Å². The average molecular weight is 151 g/mol. The normalized spacial score (nSPS) is 9.60. The number of rotatable bonds is 2. The first kappa shape index (κ1) is 6.86. The van der Waals surface area contributed by atoms with E-state index in [0.717, 1.165) is 4.88 Å². The van der Waals surface area contributed by atoms with Gasteiger partial charge in [-0.05, 0) is 23.1 Å². The lowest BCUT2D eigenvalue weighted by Gasteiger charge is -1.75. The molecule has 0 unspecified atom stereocenters. The van der Waals surface area contributed by atoms with Crippen LogP contribution in [0.1, 0.15) is 4.88 Å². The molecule has 1 aromatic heterocycles. The molecule has 0 N–H and O–H groups in total. The molecule has 0 aliphatic carbocycles. The third-order valence-electron chi connectivity index (χ3n) is 0.900. The fourth-order valence-electron chi connectivity index (χ4n) is 0.523. The minimum atomic E-state index is 1.09. The van der Waals surface area contributed by atoms with Gasteiger partial charge < -0.3 is 0 Å². The van der Waals surface area contributed by atoms with Gasteiger partial charge in [0.15, 0.2) is 0 Å². The van der Waals surface area contributed by atoms with E-state index < -0.39 is 0 Å². The van der Waals surface area contributed by atoms with Gasteiger partial charge in [0.05, 0.1) is 0 Å². The first-order chi connectivity index (χ1) is 4.93. The van der Waals surface area contributed by atoms with E-state index in [1.165, 1.54) is 6.20 Å². The van der Waals surface area contributed by atoms with Crippen LogP contribution in [0, 0.1) is 0 Å². The van der Waals surface area contributed by atoms with Gasteiger partial charge in [0.25, 0.3) is 0 Å². The third kappa shape index (κ3) is 1.93. The maximum absolute atomic E-state index is 7.91. The van der Waals surface area contributed by atoms with Crippen molar-refractivity contribution < 1.29 is 0 Å². The minimum absolute atomic E-state index is 1.09. The Bertz CT molecular complexity index is 257. The lowest BCUT2D eigenvalue weighted by atomic mass is 10.5. The van der Waals surface area contributed by atoms with E-state index in [0.29, 0.717) is 0 Å². The minimum Gasteiger partial charge on any atom is -0.144 e. The van der Waals surface area contributed by atoms with Crippen LogP contribution in [-0.2, 0) is 0 Å². The summed E-state index contributed by atoms with van der Waals surface area (Å²) in [5, 5.41) is 5.22. The van der Waals surface area contributed by atoms with Crippen LogP contribution in [0.5, 0.6) is 0 Å². The predicted molar refractivity (Wildman–Crippen MR) is 42.5 cm³/mol. The van der Waals surface area contributed by atoms with Gasteiger partial charge in [0.1, 0.15) is 0 Å². The lowest BCUT2D eigenvalue weighted by molar-refractivity contribution is 1.53. The summed E-state index contributed by atoms with van der Waals surface area (Å²) in [4.78, 5) is 3.67. The summed E-state index contributed by atoms with van der Waals surface area (Å²) < 4.78 is 0. The summed E-state index contributed by atoms with van der Waals surface area (Å²) in [5.41, 5.74) is 7.91. The smallest absolute Gasteiger partial charge is 0.0268 e. The highest BCUT2D eigenvalue weighted by atomic mass is 32.1. The molecule has 1 rings (SSSR count). The standard InChI is InChI=1S/C6H5N3S/c7-9-8-4-3-6-2-1-5-10-6/h1-5H/b4-3+. The van der Waals surface area contributed by atoms with Crippen molar-refractivity contribution in [2.75, 3.05) is 0 Å². The van der Waals surface area contributed by atoms with Crippen LogP contribution < -0.4 is 0 Å². The molecule has 0 radical (unpaired) electrons. The Kier molecular flexibility index (Phi) is 2.55. The molecule has 0 atom stereocenters. The van der Waals surface area contributed by atoms with Gasteiger partial charge in [-0.15, -0.1) is 11.3 Å². The first-order valence-electron chi connectivity index (χ1n) is 2.68. The fraction of sp³-hybridized carbons (Fsp3) is 0. The highest BCUT2D eigenvalue weighted by molar-refractivity contribution is 7.10. The zero-order valence-electron chi connectivity index (χ0n) is 5.14. The van der Waals surface area contributed by atoms with Gasteiger partial charge in [0, 0.05) is 16.0 Å². The van der Waals surface area contributed by atoms with Crippen LogP contribution in [0.2, 0.25) is 0 Å². The molecule has 0 saturated heterocycles. The summed E-state index contributed by atoms with van der Waals surface area (Å²) in [6.07, 6.45) is 3.20. The second kappa shape index (κ2) is 3.71. The molecule has 3 nitrogen and oxygen atoms in total. The number of thiophene rings is 1. The third-order valence-corrected chi connectivity index (χ3v) is 1.74. The zero-order valence-corrected chi connectivity index (χ0v) is 5.95. The second-order valence-electron chi connectivity index (χ2n) is 1.54. The first-order valence-corrected chi connectivity index (χ1v) is 3.56. The molecule has 10 heavy (non-hydrogen) atoms. The number of azide groups is 1. The van der Waals surface area contributed by atoms with Crippen molar-refractivity contribution in [3.05, 3.63) is 39.0 Å². The summed E-state index contributed by atoms with van der Waals surface area (Å²) in [6.45, 7) is 0. The van der Waals surface area contributed by atoms with E-state index in [-0.39, 0.29) is 0 Å². The van der Waals surface area contributed by atoms with Gasteiger partial charge in [0.2, 0.25) is 0 Å². The number of nitrogens with zero attached hydrogens (tertiary/aromatic N) is 3. The fourth-order valence-corrected chi connectivity index (χ4v) is 1.13. The Balaban J connectivity index is 2.63. The van der Waals surface area contributed by atoms with E-state index in [2.05, 4.69) is 10.0 Å². The van der Waals surface area contributed by atoms with Crippen molar-refractivity contribution in [1.29, 1.82) is 0 Å². The Morgan fingerprint density at radius 3 is 3.20 bits per heavy atom. The number of hydrogen-bond donors (Lipinski definition) is 0. The van der Waals surface area contributed by atoms with Crippen LogP contribution in [0.25, 0.3) is 16.5 Å². The van der Waals surface area contributed by atoms with Gasteiger partial charge in [-0.1, -0.05) is 11.2 Å². The molecule has 0 bridgehead atoms. The highest BCUT2D eigenvalue weighted by Crippen LogP contribution is 2.09. The van der Waals surface area contributed by atoms with Crippen LogP contribution >= 0.6 is 11.3 Å². The Morgan fingerprint density at radius 2 is 2.60 bits per heavy atom. The van der Waals surface area contributed by atoms with Gasteiger partial charge in [-0.3, -0.25) is 0 Å². The van der Waals surface area contributed by atoms with Crippen molar-refractivity contribution in [1.82, 2.24) is 0 Å². The van der Waals surface area contributed by atoms with Crippen LogP contribution in [0.4, 0.5) is 0 Å². The Morgan fingerprint density at radius 1 is 1.70 bits per heavy atom. The Labute approximate surface area is 62.2 Å². The molecular formula is C6H5N3S. The second-order valence-corrected chi connectivity index (χ2v) is 2.52. The van der Waals surface area contributed by atoms with Crippen LogP contribution in [0.3, 0.4) is 0 Å². The van der Waals surface area contributed by atoms with Crippen molar-refractivity contribution in [2.24, 2.45) is 5.11 Å². The summed E-state index contributed by atoms with van der Waals surface area (Å²) >= 11 is 1.60. The number of hydrogen-bond acceptors (Lipinski definition) is 2. The largest absolute Gasteiger partial charge is 0.144 e. The molecular weight excluding hydrogens is 146 g/mol.